The Bertz CT molecular complexity index is 104. The number of unbranched alkanes of at least 4 members (excludes halogenated alkanes) is 1. The van der Waals surface area contributed by atoms with Crippen LogP contribution in [0, 0.1) is 0 Å². The Balaban J connectivity index is 2.18. The minimum atomic E-state index is 0.656. The lowest BCUT2D eigenvalue weighted by Crippen LogP contribution is -2.49. The average Bonchev–Trinajstić information content (AvgIpc) is 2.03. The van der Waals surface area contributed by atoms with E-state index in [1.165, 1.54) is 38.8 Å². The first-order valence-corrected chi connectivity index (χ1v) is 4.78. The van der Waals surface area contributed by atoms with Crippen molar-refractivity contribution in [1.29, 1.82) is 0 Å². The van der Waals surface area contributed by atoms with Gasteiger partial charge in [0.2, 0.25) is 0 Å². The second-order valence-electron chi connectivity index (χ2n) is 3.45. The highest BCUT2D eigenvalue weighted by atomic mass is 15.3. The van der Waals surface area contributed by atoms with Crippen molar-refractivity contribution in [2.45, 2.75) is 38.8 Å². The molecule has 1 heterocycles. The highest BCUT2D eigenvalue weighted by Gasteiger charge is 2.16. The summed E-state index contributed by atoms with van der Waals surface area (Å²) in [4.78, 5) is 2.43. The van der Waals surface area contributed by atoms with Crippen molar-refractivity contribution in [1.82, 2.24) is 10.2 Å². The van der Waals surface area contributed by atoms with E-state index in [9.17, 15) is 0 Å². The molecule has 0 spiro atoms. The van der Waals surface area contributed by atoms with Gasteiger partial charge < -0.3 is 5.32 Å². The molecule has 0 aromatic rings. The van der Waals surface area contributed by atoms with Crippen LogP contribution >= 0.6 is 0 Å². The van der Waals surface area contributed by atoms with Gasteiger partial charge in [0.25, 0.3) is 0 Å². The van der Waals surface area contributed by atoms with Gasteiger partial charge in [-0.15, -0.1) is 0 Å². The maximum Gasteiger partial charge on any atom is 0.0594 e. The molecule has 2 nitrogen and oxygen atoms in total. The fourth-order valence-electron chi connectivity index (χ4n) is 1.63. The molecule has 2 heteroatoms. The van der Waals surface area contributed by atoms with E-state index in [0.29, 0.717) is 6.17 Å². The predicted molar refractivity (Wildman–Crippen MR) is 48.6 cm³/mol. The van der Waals surface area contributed by atoms with E-state index in [0.717, 1.165) is 0 Å². The molecule has 66 valence electrons. The van der Waals surface area contributed by atoms with E-state index >= 15 is 0 Å². The van der Waals surface area contributed by atoms with Crippen LogP contribution in [0.5, 0.6) is 0 Å². The molecule has 1 aliphatic heterocycles. The van der Waals surface area contributed by atoms with Gasteiger partial charge in [-0.2, -0.15) is 0 Å². The molecule has 1 rings (SSSR count). The van der Waals surface area contributed by atoms with Crippen LogP contribution in [0.1, 0.15) is 32.6 Å². The van der Waals surface area contributed by atoms with Crippen LogP contribution in [0.2, 0.25) is 0 Å². The van der Waals surface area contributed by atoms with E-state index in [2.05, 4.69) is 24.2 Å². The third kappa shape index (κ3) is 2.80. The molecule has 0 aromatic carbocycles. The van der Waals surface area contributed by atoms with Gasteiger partial charge in [-0.1, -0.05) is 19.8 Å². The molecular formula is C9H20N2. The number of nitrogens with one attached hydrogen (secondary N) is 1. The summed E-state index contributed by atoms with van der Waals surface area (Å²) in [5.41, 5.74) is 0. The lowest BCUT2D eigenvalue weighted by atomic mass is 10.1. The van der Waals surface area contributed by atoms with Crippen molar-refractivity contribution in [3.05, 3.63) is 0 Å². The van der Waals surface area contributed by atoms with Gasteiger partial charge in [-0.25, -0.2) is 0 Å². The zero-order valence-corrected chi connectivity index (χ0v) is 7.77. The summed E-state index contributed by atoms with van der Waals surface area (Å²) in [5, 5.41) is 3.53. The van der Waals surface area contributed by atoms with E-state index in [1.54, 1.807) is 0 Å². The third-order valence-electron chi connectivity index (χ3n) is 2.43. The molecule has 0 saturated carbocycles. The first-order chi connectivity index (χ1) is 5.34. The molecule has 0 aliphatic carbocycles. The van der Waals surface area contributed by atoms with E-state index in [1.807, 2.05) is 0 Å². The Morgan fingerprint density at radius 1 is 1.55 bits per heavy atom. The summed E-state index contributed by atoms with van der Waals surface area (Å²) in [6.07, 6.45) is 5.93. The lowest BCUT2D eigenvalue weighted by molar-refractivity contribution is 0.154. The summed E-state index contributed by atoms with van der Waals surface area (Å²) in [7, 11) is 2.21. The molecule has 0 amide bonds. The van der Waals surface area contributed by atoms with Crippen molar-refractivity contribution in [2.75, 3.05) is 20.1 Å². The van der Waals surface area contributed by atoms with Crippen LogP contribution in [-0.2, 0) is 0 Å². The quantitative estimate of drug-likeness (QED) is 0.665. The average molecular weight is 156 g/mol. The van der Waals surface area contributed by atoms with Gasteiger partial charge in [0.15, 0.2) is 0 Å². The van der Waals surface area contributed by atoms with Crippen LogP contribution in [0.3, 0.4) is 0 Å². The molecule has 1 atom stereocenters. The van der Waals surface area contributed by atoms with Crippen molar-refractivity contribution in [3.63, 3.8) is 0 Å². The summed E-state index contributed by atoms with van der Waals surface area (Å²) < 4.78 is 0. The Labute approximate surface area is 70.0 Å². The summed E-state index contributed by atoms with van der Waals surface area (Å²) >= 11 is 0. The Morgan fingerprint density at radius 3 is 3.00 bits per heavy atom. The van der Waals surface area contributed by atoms with Crippen LogP contribution in [0.4, 0.5) is 0 Å². The number of hydrogen-bond donors (Lipinski definition) is 1. The van der Waals surface area contributed by atoms with Gasteiger partial charge in [0, 0.05) is 6.54 Å². The molecule has 1 aliphatic rings. The van der Waals surface area contributed by atoms with Crippen LogP contribution in [0.15, 0.2) is 0 Å². The number of nitrogens with zero attached hydrogens (tertiary/aromatic N) is 1. The highest BCUT2D eigenvalue weighted by Crippen LogP contribution is 2.08. The monoisotopic (exact) mass is 156 g/mol. The van der Waals surface area contributed by atoms with Crippen LogP contribution in [0.25, 0.3) is 0 Å². The van der Waals surface area contributed by atoms with E-state index in [-0.39, 0.29) is 0 Å². The fraction of sp³-hybridized carbons (Fsp3) is 1.00. The first-order valence-electron chi connectivity index (χ1n) is 4.78. The maximum absolute atomic E-state index is 3.53. The highest BCUT2D eigenvalue weighted by molar-refractivity contribution is 4.71. The summed E-state index contributed by atoms with van der Waals surface area (Å²) in [6.45, 7) is 4.73. The summed E-state index contributed by atoms with van der Waals surface area (Å²) in [5.74, 6) is 0. The van der Waals surface area contributed by atoms with Crippen molar-refractivity contribution >= 4 is 0 Å². The zero-order chi connectivity index (χ0) is 8.10. The second-order valence-corrected chi connectivity index (χ2v) is 3.45. The van der Waals surface area contributed by atoms with Gasteiger partial charge in [-0.3, -0.25) is 4.90 Å². The lowest BCUT2D eigenvalue weighted by Gasteiger charge is -2.33. The summed E-state index contributed by atoms with van der Waals surface area (Å²) in [6, 6.07) is 0. The molecule has 0 aromatic heterocycles. The predicted octanol–water partition coefficient (Wildman–Crippen LogP) is 1.43. The Morgan fingerprint density at radius 2 is 2.36 bits per heavy atom. The number of hydrogen-bond acceptors (Lipinski definition) is 2. The van der Waals surface area contributed by atoms with E-state index in [4.69, 9.17) is 0 Å². The second kappa shape index (κ2) is 4.73. The van der Waals surface area contributed by atoms with Gasteiger partial charge in [-0.05, 0) is 26.4 Å². The van der Waals surface area contributed by atoms with Crippen LogP contribution in [-0.4, -0.2) is 31.2 Å². The Kier molecular flexibility index (Phi) is 3.87. The standard InChI is InChI=1S/C9H20N2/c1-3-4-6-9-10-7-5-8-11(9)2/h9-10H,3-8H2,1-2H3. The minimum Gasteiger partial charge on any atom is -0.302 e. The largest absolute Gasteiger partial charge is 0.302 e. The van der Waals surface area contributed by atoms with E-state index < -0.39 is 0 Å². The molecule has 1 saturated heterocycles. The van der Waals surface area contributed by atoms with Crippen molar-refractivity contribution < 1.29 is 0 Å². The minimum absolute atomic E-state index is 0.656. The molecule has 0 bridgehead atoms. The molecule has 0 radical (unpaired) electrons. The third-order valence-corrected chi connectivity index (χ3v) is 2.43. The van der Waals surface area contributed by atoms with Crippen LogP contribution < -0.4 is 5.32 Å². The number of rotatable bonds is 3. The first kappa shape index (κ1) is 9.01. The molecule has 1 N–H and O–H groups in total. The van der Waals surface area contributed by atoms with Gasteiger partial charge in [0.1, 0.15) is 0 Å². The molecule has 1 fully saturated rings. The fourth-order valence-corrected chi connectivity index (χ4v) is 1.63. The maximum atomic E-state index is 3.53. The van der Waals surface area contributed by atoms with Crippen molar-refractivity contribution in [2.24, 2.45) is 0 Å². The van der Waals surface area contributed by atoms with Gasteiger partial charge >= 0.3 is 0 Å². The SMILES string of the molecule is CCCCC1NCCCN1C. The zero-order valence-electron chi connectivity index (χ0n) is 7.77. The van der Waals surface area contributed by atoms with Crippen molar-refractivity contribution in [3.8, 4) is 0 Å². The molecule has 11 heavy (non-hydrogen) atoms. The normalized spacial score (nSPS) is 27.3. The molecular weight excluding hydrogens is 136 g/mol. The Hall–Kier alpha value is -0.0800. The molecule has 1 unspecified atom stereocenters. The van der Waals surface area contributed by atoms with Gasteiger partial charge in [0.05, 0.1) is 6.17 Å². The smallest absolute Gasteiger partial charge is 0.0594 e. The topological polar surface area (TPSA) is 15.3 Å².